The first-order valence-corrected chi connectivity index (χ1v) is 11.5. The molecule has 11 heteroatoms. The van der Waals surface area contributed by atoms with Crippen molar-refractivity contribution < 1.29 is 26.7 Å². The minimum atomic E-state index is -2.17. The van der Waals surface area contributed by atoms with E-state index in [0.717, 1.165) is 14.2 Å². The first-order chi connectivity index (χ1) is 16.2. The molecule has 0 atom stereocenters. The number of nitrogens with one attached hydrogen (secondary N) is 1. The van der Waals surface area contributed by atoms with Gasteiger partial charge >= 0.3 is 0 Å². The smallest absolute Gasteiger partial charge is 0.257 e. The maximum Gasteiger partial charge on any atom is 0.257 e. The van der Waals surface area contributed by atoms with Crippen LogP contribution in [0.3, 0.4) is 0 Å². The van der Waals surface area contributed by atoms with Gasteiger partial charge in [0, 0.05) is 41.1 Å². The topological polar surface area (TPSA) is 35.6 Å². The number of halogens is 7. The van der Waals surface area contributed by atoms with E-state index in [9.17, 15) is 26.7 Å². The lowest BCUT2D eigenvalue weighted by Gasteiger charge is -2.37. The Morgan fingerprint density at radius 2 is 1.32 bits per heavy atom. The van der Waals surface area contributed by atoms with Crippen molar-refractivity contribution in [3.8, 4) is 0 Å². The third-order valence-electron chi connectivity index (χ3n) is 5.45. The summed E-state index contributed by atoms with van der Waals surface area (Å²) in [7, 11) is 0. The molecule has 34 heavy (non-hydrogen) atoms. The molecule has 1 heterocycles. The molecule has 1 saturated heterocycles. The molecule has 1 fully saturated rings. The molecule has 0 bridgehead atoms. The molecule has 4 nitrogen and oxygen atoms in total. The monoisotopic (exact) mass is 607 g/mol. The molecule has 4 rings (SSSR count). The molecule has 178 valence electrons. The first kappa shape index (κ1) is 24.5. The third kappa shape index (κ3) is 4.78. The molecule has 3 aromatic carbocycles. The van der Waals surface area contributed by atoms with Crippen molar-refractivity contribution in [3.05, 3.63) is 85.7 Å². The summed E-state index contributed by atoms with van der Waals surface area (Å²) in [5, 5.41) is 3.11. The molecular weight excluding hydrogens is 592 g/mol. The quantitative estimate of drug-likeness (QED) is 0.166. The molecule has 3 aromatic rings. The zero-order chi connectivity index (χ0) is 24.6. The minimum absolute atomic E-state index is 0.0575. The van der Waals surface area contributed by atoms with Crippen LogP contribution >= 0.6 is 34.2 Å². The van der Waals surface area contributed by atoms with Crippen LogP contribution in [0.5, 0.6) is 0 Å². The highest BCUT2D eigenvalue weighted by atomic mass is 127. The van der Waals surface area contributed by atoms with Crippen molar-refractivity contribution in [3.63, 3.8) is 0 Å². The van der Waals surface area contributed by atoms with E-state index in [1.54, 1.807) is 42.5 Å². The summed E-state index contributed by atoms with van der Waals surface area (Å²) >= 11 is 8.19. The van der Waals surface area contributed by atoms with Crippen LogP contribution in [0.25, 0.3) is 0 Å². The lowest BCUT2D eigenvalue weighted by atomic mass is 10.1. The Labute approximate surface area is 210 Å². The first-order valence-electron chi connectivity index (χ1n) is 10.0. The highest BCUT2D eigenvalue weighted by molar-refractivity contribution is 14.1. The van der Waals surface area contributed by atoms with E-state index in [1.807, 2.05) is 4.90 Å². The van der Waals surface area contributed by atoms with Gasteiger partial charge in [0.2, 0.25) is 5.82 Å². The van der Waals surface area contributed by atoms with Crippen molar-refractivity contribution in [2.45, 2.75) is 0 Å². The number of carbonyl (C=O) groups is 1. The van der Waals surface area contributed by atoms with E-state index < -0.39 is 34.8 Å². The van der Waals surface area contributed by atoms with E-state index in [-0.39, 0.29) is 19.0 Å². The molecule has 0 radical (unpaired) electrons. The Bertz CT molecular complexity index is 1220. The molecule has 0 aromatic heterocycles. The fourth-order valence-electron chi connectivity index (χ4n) is 3.68. The number of amides is 1. The summed E-state index contributed by atoms with van der Waals surface area (Å²) in [5.74, 6) is -10.1. The summed E-state index contributed by atoms with van der Waals surface area (Å²) in [5.41, 5.74) is 0.760. The van der Waals surface area contributed by atoms with E-state index in [2.05, 4.69) is 27.9 Å². The Hall–Kier alpha value is -2.60. The van der Waals surface area contributed by atoms with E-state index in [4.69, 9.17) is 11.6 Å². The molecule has 0 spiro atoms. The number of piperazine rings is 1. The van der Waals surface area contributed by atoms with Gasteiger partial charge in [0.15, 0.2) is 23.3 Å². The molecule has 0 saturated carbocycles. The lowest BCUT2D eigenvalue weighted by Crippen LogP contribution is -2.47. The standard InChI is InChI=1S/C23H16ClF5IN3O/c24-16-6-1-12(30)11-15(16)23(34)31-13-2-4-14(5-3-13)32-7-9-33(10-8-32)22-20(28)18(26)17(25)19(27)21(22)29/h1-6,11H,7-10H2,(H,31,34). The van der Waals surface area contributed by atoms with Gasteiger partial charge in [-0.15, -0.1) is 0 Å². The summed E-state index contributed by atoms with van der Waals surface area (Å²) in [6.07, 6.45) is 0. The number of carbonyl (C=O) groups excluding carboxylic acids is 1. The van der Waals surface area contributed by atoms with Gasteiger partial charge in [0.05, 0.1) is 10.6 Å². The lowest BCUT2D eigenvalue weighted by molar-refractivity contribution is 0.102. The second kappa shape index (κ2) is 9.95. The van der Waals surface area contributed by atoms with Crippen molar-refractivity contribution in [1.82, 2.24) is 0 Å². The second-order valence-corrected chi connectivity index (χ2v) is 9.17. The zero-order valence-corrected chi connectivity index (χ0v) is 20.2. The number of anilines is 3. The Balaban J connectivity index is 1.42. The van der Waals surface area contributed by atoms with E-state index in [1.165, 1.54) is 0 Å². The van der Waals surface area contributed by atoms with Gasteiger partial charge in [0.25, 0.3) is 5.91 Å². The van der Waals surface area contributed by atoms with Crippen LogP contribution in [0.4, 0.5) is 39.0 Å². The average Bonchev–Trinajstić information content (AvgIpc) is 2.84. The summed E-state index contributed by atoms with van der Waals surface area (Å²) in [4.78, 5) is 15.6. The van der Waals surface area contributed by atoms with Crippen LogP contribution in [0.1, 0.15) is 10.4 Å². The molecule has 1 N–H and O–H groups in total. The highest BCUT2D eigenvalue weighted by Gasteiger charge is 2.30. The Morgan fingerprint density at radius 3 is 1.91 bits per heavy atom. The highest BCUT2D eigenvalue weighted by Crippen LogP contribution is 2.31. The molecule has 1 aliphatic rings. The predicted molar refractivity (Wildman–Crippen MR) is 129 cm³/mol. The minimum Gasteiger partial charge on any atom is -0.368 e. The summed E-state index contributed by atoms with van der Waals surface area (Å²) < 4.78 is 69.5. The van der Waals surface area contributed by atoms with Crippen molar-refractivity contribution in [1.29, 1.82) is 0 Å². The molecular formula is C23H16ClF5IN3O. The second-order valence-electron chi connectivity index (χ2n) is 7.52. The summed E-state index contributed by atoms with van der Waals surface area (Å²) in [6.45, 7) is 0.705. The number of nitrogens with zero attached hydrogens (tertiary/aromatic N) is 2. The predicted octanol–water partition coefficient (Wildman–Crippen LogP) is 6.22. The molecule has 1 aliphatic heterocycles. The maximum atomic E-state index is 14.1. The number of rotatable bonds is 4. The van der Waals surface area contributed by atoms with Crippen molar-refractivity contribution in [2.24, 2.45) is 0 Å². The molecule has 1 amide bonds. The van der Waals surface area contributed by atoms with Crippen molar-refractivity contribution >= 4 is 57.2 Å². The van der Waals surface area contributed by atoms with Crippen LogP contribution in [-0.4, -0.2) is 32.1 Å². The van der Waals surface area contributed by atoms with Crippen LogP contribution in [-0.2, 0) is 0 Å². The SMILES string of the molecule is O=C(Nc1ccc(N2CCN(c3c(F)c(F)c(F)c(F)c3F)CC2)cc1)c1cc(I)ccc1Cl. The van der Waals surface area contributed by atoms with Gasteiger partial charge in [0.1, 0.15) is 5.69 Å². The molecule has 0 aliphatic carbocycles. The fraction of sp³-hybridized carbons (Fsp3) is 0.174. The van der Waals surface area contributed by atoms with E-state index >= 15 is 0 Å². The summed E-state index contributed by atoms with van der Waals surface area (Å²) in [6, 6.07) is 12.0. The van der Waals surface area contributed by atoms with Gasteiger partial charge in [-0.05, 0) is 65.1 Å². The van der Waals surface area contributed by atoms with Gasteiger partial charge in [-0.3, -0.25) is 4.79 Å². The van der Waals surface area contributed by atoms with Gasteiger partial charge < -0.3 is 15.1 Å². The number of hydrogen-bond donors (Lipinski definition) is 1. The van der Waals surface area contributed by atoms with Crippen LogP contribution < -0.4 is 15.1 Å². The zero-order valence-electron chi connectivity index (χ0n) is 17.3. The fourth-order valence-corrected chi connectivity index (χ4v) is 4.38. The molecule has 0 unspecified atom stereocenters. The van der Waals surface area contributed by atoms with Crippen LogP contribution in [0.15, 0.2) is 42.5 Å². The number of hydrogen-bond acceptors (Lipinski definition) is 3. The normalized spacial score (nSPS) is 13.9. The van der Waals surface area contributed by atoms with Gasteiger partial charge in [-0.1, -0.05) is 11.6 Å². The van der Waals surface area contributed by atoms with Gasteiger partial charge in [-0.25, -0.2) is 22.0 Å². The van der Waals surface area contributed by atoms with E-state index in [0.29, 0.717) is 29.4 Å². The van der Waals surface area contributed by atoms with Gasteiger partial charge in [-0.2, -0.15) is 0 Å². The van der Waals surface area contributed by atoms with Crippen LogP contribution in [0, 0.1) is 32.7 Å². The maximum absolute atomic E-state index is 14.1. The Morgan fingerprint density at radius 1 is 0.794 bits per heavy atom. The largest absolute Gasteiger partial charge is 0.368 e. The average molecular weight is 608 g/mol. The number of benzene rings is 3. The third-order valence-corrected chi connectivity index (χ3v) is 6.45. The Kier molecular flexibility index (Phi) is 7.17. The van der Waals surface area contributed by atoms with Crippen LogP contribution in [0.2, 0.25) is 5.02 Å². The van der Waals surface area contributed by atoms with Crippen molar-refractivity contribution in [2.75, 3.05) is 41.3 Å².